The Hall–Kier alpha value is -0.910. The van der Waals surface area contributed by atoms with Crippen LogP contribution in [0.4, 0.5) is 5.82 Å². The van der Waals surface area contributed by atoms with E-state index in [1.54, 1.807) is 11.3 Å². The van der Waals surface area contributed by atoms with E-state index in [9.17, 15) is 0 Å². The van der Waals surface area contributed by atoms with Gasteiger partial charge in [-0.15, -0.1) is 11.3 Å². The first-order chi connectivity index (χ1) is 8.74. The van der Waals surface area contributed by atoms with Crippen LogP contribution in [-0.4, -0.2) is 16.5 Å². The molecule has 0 amide bonds. The van der Waals surface area contributed by atoms with Crippen LogP contribution >= 0.6 is 35.2 Å². The van der Waals surface area contributed by atoms with Crippen LogP contribution < -0.4 is 5.32 Å². The highest BCUT2D eigenvalue weighted by Crippen LogP contribution is 2.35. The van der Waals surface area contributed by atoms with Gasteiger partial charge in [-0.3, -0.25) is 0 Å². The van der Waals surface area contributed by atoms with Crippen LogP contribution in [0.3, 0.4) is 0 Å². The highest BCUT2D eigenvalue weighted by atomic mass is 35.5. The lowest BCUT2D eigenvalue weighted by Gasteiger charge is -2.10. The largest absolute Gasteiger partial charge is 0.370 e. The smallest absolute Gasteiger partial charge is 0.199 e. The summed E-state index contributed by atoms with van der Waals surface area (Å²) in [5, 5.41) is 3.36. The lowest BCUT2D eigenvalue weighted by Crippen LogP contribution is -2.04. The summed E-state index contributed by atoms with van der Waals surface area (Å²) < 4.78 is 1.30. The minimum atomic E-state index is 0.516. The summed E-state index contributed by atoms with van der Waals surface area (Å²) in [6.45, 7) is 0.962. The van der Waals surface area contributed by atoms with Crippen LogP contribution in [0.15, 0.2) is 12.1 Å². The van der Waals surface area contributed by atoms with Crippen molar-refractivity contribution in [1.29, 1.82) is 0 Å². The first-order valence-corrected chi connectivity index (χ1v) is 7.47. The maximum atomic E-state index is 6.01. The lowest BCUT2D eigenvalue weighted by molar-refractivity contribution is 0.785. The molecular weight excluding hydrogens is 286 g/mol. The van der Waals surface area contributed by atoms with Crippen LogP contribution in [0.2, 0.25) is 4.34 Å². The second kappa shape index (κ2) is 4.99. The summed E-state index contributed by atoms with van der Waals surface area (Å²) in [5.41, 5.74) is 2.29. The predicted octanol–water partition coefficient (Wildman–Crippen LogP) is 4.27. The number of hydrogen-bond donors (Lipinski definition) is 2. The molecule has 0 aliphatic carbocycles. The molecule has 1 aliphatic heterocycles. The molecule has 18 heavy (non-hydrogen) atoms. The van der Waals surface area contributed by atoms with Gasteiger partial charge in [-0.25, -0.2) is 4.98 Å². The van der Waals surface area contributed by atoms with Gasteiger partial charge in [-0.05, 0) is 43.6 Å². The number of rotatable bonds is 1. The van der Waals surface area contributed by atoms with Crippen molar-refractivity contribution in [1.82, 2.24) is 9.97 Å². The van der Waals surface area contributed by atoms with Gasteiger partial charge in [-0.2, -0.15) is 0 Å². The predicted molar refractivity (Wildman–Crippen MR) is 79.2 cm³/mol. The van der Waals surface area contributed by atoms with Crippen LogP contribution in [0.25, 0.3) is 10.6 Å². The van der Waals surface area contributed by atoms with Crippen LogP contribution in [0.1, 0.15) is 18.4 Å². The van der Waals surface area contributed by atoms with Crippen molar-refractivity contribution < 1.29 is 0 Å². The van der Waals surface area contributed by atoms with Crippen LogP contribution in [0.5, 0.6) is 0 Å². The second-order valence-electron chi connectivity index (χ2n) is 4.23. The van der Waals surface area contributed by atoms with E-state index in [4.69, 9.17) is 23.8 Å². The molecule has 0 unspecified atom stereocenters. The molecule has 3 nitrogen and oxygen atoms in total. The summed E-state index contributed by atoms with van der Waals surface area (Å²) >= 11 is 12.8. The Morgan fingerprint density at radius 2 is 2.22 bits per heavy atom. The third kappa shape index (κ3) is 2.30. The van der Waals surface area contributed by atoms with Gasteiger partial charge in [0.15, 0.2) is 4.77 Å². The molecule has 0 bridgehead atoms. The Labute approximate surface area is 119 Å². The van der Waals surface area contributed by atoms with Crippen LogP contribution in [0, 0.1) is 4.77 Å². The number of anilines is 1. The highest BCUT2D eigenvalue weighted by Gasteiger charge is 2.16. The zero-order chi connectivity index (χ0) is 12.5. The number of fused-ring (bicyclic) bond motifs is 1. The van der Waals surface area contributed by atoms with Crippen molar-refractivity contribution in [2.45, 2.75) is 19.3 Å². The monoisotopic (exact) mass is 297 g/mol. The van der Waals surface area contributed by atoms with Gasteiger partial charge < -0.3 is 10.3 Å². The Bertz CT molecular complexity index is 632. The molecule has 0 atom stereocenters. The quantitative estimate of drug-likeness (QED) is 0.772. The molecule has 1 aliphatic rings. The lowest BCUT2D eigenvalue weighted by atomic mass is 10.1. The summed E-state index contributed by atoms with van der Waals surface area (Å²) in [6.07, 6.45) is 3.35. The molecule has 6 heteroatoms. The average molecular weight is 298 g/mol. The van der Waals surface area contributed by atoms with Crippen molar-refractivity contribution in [3.05, 3.63) is 26.8 Å². The van der Waals surface area contributed by atoms with E-state index < -0.39 is 0 Å². The Balaban J connectivity index is 2.19. The molecule has 0 saturated carbocycles. The first kappa shape index (κ1) is 12.1. The molecule has 2 aromatic rings. The van der Waals surface area contributed by atoms with Crippen LogP contribution in [-0.2, 0) is 6.42 Å². The van der Waals surface area contributed by atoms with E-state index in [-0.39, 0.29) is 0 Å². The third-order valence-electron chi connectivity index (χ3n) is 3.00. The summed E-state index contributed by atoms with van der Waals surface area (Å²) in [5.74, 6) is 0.927. The Kier molecular flexibility index (Phi) is 3.37. The molecular formula is C12H12ClN3S2. The summed E-state index contributed by atoms with van der Waals surface area (Å²) in [4.78, 5) is 8.71. The number of aromatic amines is 1. The standard InChI is InChI=1S/C12H12ClN3S2/c13-9-5-4-8(18-9)10-7-3-1-2-6-14-11(7)16-12(17)15-10/h4-5H,1-3,6H2,(H2,14,15,16,17). The molecule has 2 aromatic heterocycles. The van der Waals surface area contributed by atoms with E-state index in [1.807, 2.05) is 12.1 Å². The topological polar surface area (TPSA) is 40.7 Å². The highest BCUT2D eigenvalue weighted by molar-refractivity contribution is 7.71. The number of H-pyrrole nitrogens is 1. The van der Waals surface area contributed by atoms with E-state index >= 15 is 0 Å². The fourth-order valence-corrected chi connectivity index (χ4v) is 3.44. The Morgan fingerprint density at radius 1 is 1.33 bits per heavy atom. The number of hydrogen-bond acceptors (Lipinski definition) is 4. The van der Waals surface area contributed by atoms with Crippen molar-refractivity contribution in [3.63, 3.8) is 0 Å². The minimum absolute atomic E-state index is 0.516. The van der Waals surface area contributed by atoms with Gasteiger partial charge in [0, 0.05) is 12.1 Å². The van der Waals surface area contributed by atoms with Gasteiger partial charge in [0.1, 0.15) is 5.82 Å². The molecule has 0 saturated heterocycles. The third-order valence-corrected chi connectivity index (χ3v) is 4.44. The fourth-order valence-electron chi connectivity index (χ4n) is 2.18. The number of thiophene rings is 1. The van der Waals surface area contributed by atoms with E-state index in [2.05, 4.69) is 15.3 Å². The van der Waals surface area contributed by atoms with E-state index in [0.29, 0.717) is 4.77 Å². The fraction of sp³-hybridized carbons (Fsp3) is 0.333. The zero-order valence-electron chi connectivity index (χ0n) is 9.62. The maximum absolute atomic E-state index is 6.01. The van der Waals surface area contributed by atoms with Gasteiger partial charge in [-0.1, -0.05) is 11.6 Å². The molecule has 0 spiro atoms. The van der Waals surface area contributed by atoms with Crippen molar-refractivity contribution in [3.8, 4) is 10.6 Å². The molecule has 3 heterocycles. The van der Waals surface area contributed by atoms with E-state index in [1.165, 1.54) is 12.0 Å². The van der Waals surface area contributed by atoms with E-state index in [0.717, 1.165) is 40.1 Å². The SMILES string of the molecule is S=c1nc2c(c(-c3ccc(Cl)s3)[nH]1)CCCCN2. The van der Waals surface area contributed by atoms with Gasteiger partial charge in [0.2, 0.25) is 0 Å². The zero-order valence-corrected chi connectivity index (χ0v) is 12.0. The second-order valence-corrected chi connectivity index (χ2v) is 6.33. The number of aromatic nitrogens is 2. The van der Waals surface area contributed by atoms with Gasteiger partial charge in [0.05, 0.1) is 14.9 Å². The number of halogens is 1. The van der Waals surface area contributed by atoms with Crippen molar-refractivity contribution >= 4 is 41.0 Å². The molecule has 0 aromatic carbocycles. The molecule has 3 rings (SSSR count). The normalized spacial score (nSPS) is 14.7. The number of nitrogens with zero attached hydrogens (tertiary/aromatic N) is 1. The molecule has 0 radical (unpaired) electrons. The minimum Gasteiger partial charge on any atom is -0.370 e. The first-order valence-electron chi connectivity index (χ1n) is 5.87. The Morgan fingerprint density at radius 3 is 3.00 bits per heavy atom. The molecule has 94 valence electrons. The van der Waals surface area contributed by atoms with Crippen molar-refractivity contribution in [2.75, 3.05) is 11.9 Å². The summed E-state index contributed by atoms with van der Waals surface area (Å²) in [7, 11) is 0. The maximum Gasteiger partial charge on any atom is 0.199 e. The average Bonchev–Trinajstić information content (AvgIpc) is 2.63. The number of nitrogens with one attached hydrogen (secondary N) is 2. The van der Waals surface area contributed by atoms with Gasteiger partial charge in [0.25, 0.3) is 0 Å². The molecule has 0 fully saturated rings. The summed E-state index contributed by atoms with van der Waals surface area (Å²) in [6, 6.07) is 3.94. The van der Waals surface area contributed by atoms with Gasteiger partial charge >= 0.3 is 0 Å². The molecule has 2 N–H and O–H groups in total. The van der Waals surface area contributed by atoms with Crippen molar-refractivity contribution in [2.24, 2.45) is 0 Å².